The van der Waals surface area contributed by atoms with Crippen LogP contribution in [0.25, 0.3) is 0 Å². The van der Waals surface area contributed by atoms with Gasteiger partial charge in [-0.1, -0.05) is 55.0 Å². The van der Waals surface area contributed by atoms with E-state index in [2.05, 4.69) is 6.58 Å². The van der Waals surface area contributed by atoms with Crippen LogP contribution >= 0.6 is 22.6 Å². The first-order valence-electron chi connectivity index (χ1n) is 29.8. The molecule has 88 heavy (non-hydrogen) atoms. The summed E-state index contributed by atoms with van der Waals surface area (Å²) < 4.78 is 65.5. The van der Waals surface area contributed by atoms with Crippen LogP contribution in [0.5, 0.6) is 0 Å². The van der Waals surface area contributed by atoms with Crippen LogP contribution in [-0.2, 0) is 56.9 Å². The number of alkyl halides is 1. The summed E-state index contributed by atoms with van der Waals surface area (Å²) in [6, 6.07) is 0. The molecular formula is C55H91IO32. The van der Waals surface area contributed by atoms with Crippen molar-refractivity contribution < 1.29 is 159 Å². The molecule has 33 heteroatoms. The topological polar surface area (TPSA) is 523 Å². The Hall–Kier alpha value is -1.26. The Morgan fingerprint density at radius 1 is 0.534 bits per heavy atom. The Kier molecular flexibility index (Phi) is 24.6. The highest BCUT2D eigenvalue weighted by Gasteiger charge is 2.65. The van der Waals surface area contributed by atoms with E-state index in [9.17, 15) is 102 Å². The standard InChI is InChI=1S/C55H91IO32/c1-19-6-7-27-53(3)9-5-10-54(4,52(77)88-51-45(84-46(76)38(72)34(68)28(62)20(2)56)43(33(67)25(17-61)83-51)86-48-40(74)36(70)30(64)22(14-58)80-48)26(53)8-11-55(27,12-19)18-78-50-44(87-49-41(75)37(71)31(65)23(15-59)81-49)42(32(66)24(16-60)82-50)85-47-39(73)35(69)29(63)21(13-57)79-47/h20-51,57-76H,1,5-18H2,2-4H3. The molecule has 3 aliphatic carbocycles. The summed E-state index contributed by atoms with van der Waals surface area (Å²) in [4.78, 5) is 15.4. The normalized spacial score (nSPS) is 49.4. The first kappa shape index (κ1) is 72.6. The van der Waals surface area contributed by atoms with E-state index in [0.717, 1.165) is 5.57 Å². The molecule has 0 amide bonds. The van der Waals surface area contributed by atoms with Crippen molar-refractivity contribution in [1.82, 2.24) is 0 Å². The number of esters is 1. The van der Waals surface area contributed by atoms with E-state index in [0.29, 0.717) is 44.9 Å². The van der Waals surface area contributed by atoms with Crippen LogP contribution in [0.2, 0.25) is 0 Å². The molecule has 35 atom stereocenters. The van der Waals surface area contributed by atoms with Crippen molar-refractivity contribution in [2.45, 2.75) is 254 Å². The lowest BCUT2D eigenvalue weighted by Gasteiger charge is -2.64. The third kappa shape index (κ3) is 14.2. The molecule has 510 valence electrons. The van der Waals surface area contributed by atoms with Gasteiger partial charge >= 0.3 is 5.97 Å². The second-order valence-electron chi connectivity index (χ2n) is 25.4. The average Bonchev–Trinajstić information content (AvgIpc) is 0.905. The van der Waals surface area contributed by atoms with Crippen molar-refractivity contribution in [1.29, 1.82) is 0 Å². The third-order valence-electron chi connectivity index (χ3n) is 19.8. The number of carbonyl (C=O) groups excluding carboxylic acids is 1. The molecule has 8 fully saturated rings. The van der Waals surface area contributed by atoms with Gasteiger partial charge in [-0.25, -0.2) is 0 Å². The summed E-state index contributed by atoms with van der Waals surface area (Å²) >= 11 is 1.76. The Morgan fingerprint density at radius 2 is 0.966 bits per heavy atom. The average molecular weight is 1390 g/mol. The fourth-order valence-electron chi connectivity index (χ4n) is 14.8. The van der Waals surface area contributed by atoms with Crippen molar-refractivity contribution in [3.63, 3.8) is 0 Å². The molecule has 8 aliphatic rings. The van der Waals surface area contributed by atoms with Gasteiger partial charge < -0.3 is 154 Å². The number of aliphatic hydroxyl groups excluding tert-OH is 20. The smallest absolute Gasteiger partial charge is 0.314 e. The lowest BCUT2D eigenvalue weighted by molar-refractivity contribution is -0.394. The van der Waals surface area contributed by atoms with Crippen molar-refractivity contribution in [2.24, 2.45) is 28.1 Å². The molecule has 0 aromatic carbocycles. The van der Waals surface area contributed by atoms with Gasteiger partial charge in [0.2, 0.25) is 6.29 Å². The molecule has 5 saturated heterocycles. The van der Waals surface area contributed by atoms with Crippen LogP contribution < -0.4 is 0 Å². The zero-order chi connectivity index (χ0) is 64.8. The number of ether oxygens (including phenoxy) is 11. The number of hydrogen-bond donors (Lipinski definition) is 20. The van der Waals surface area contributed by atoms with Gasteiger partial charge in [-0.3, -0.25) is 4.79 Å². The molecule has 20 N–H and O–H groups in total. The molecule has 0 bridgehead atoms. The van der Waals surface area contributed by atoms with Crippen LogP contribution in [-0.4, -0.2) is 330 Å². The van der Waals surface area contributed by atoms with Crippen molar-refractivity contribution >= 4 is 28.6 Å². The number of aliphatic hydroxyl groups is 20. The summed E-state index contributed by atoms with van der Waals surface area (Å²) in [5.74, 6) is -1.74. The van der Waals surface area contributed by atoms with Crippen LogP contribution in [0.3, 0.4) is 0 Å². The highest BCUT2D eigenvalue weighted by atomic mass is 127. The first-order valence-corrected chi connectivity index (χ1v) is 31.0. The van der Waals surface area contributed by atoms with Crippen LogP contribution in [0.15, 0.2) is 12.2 Å². The molecule has 5 heterocycles. The largest absolute Gasteiger partial charge is 0.432 e. The molecule has 32 nitrogen and oxygen atoms in total. The fourth-order valence-corrected chi connectivity index (χ4v) is 15.2. The van der Waals surface area contributed by atoms with Crippen molar-refractivity contribution in [2.75, 3.05) is 39.6 Å². The maximum atomic E-state index is 15.4. The van der Waals surface area contributed by atoms with Gasteiger partial charge in [0.25, 0.3) is 0 Å². The molecule has 0 aromatic heterocycles. The first-order chi connectivity index (χ1) is 41.5. The quantitative estimate of drug-likeness (QED) is 0.0157. The fraction of sp³-hybridized carbons (Fsp3) is 0.945. The predicted molar refractivity (Wildman–Crippen MR) is 296 cm³/mol. The van der Waals surface area contributed by atoms with Gasteiger partial charge in [0.1, 0.15) is 128 Å². The SMILES string of the molecule is C=C1CCC2C(COC3OC(CO)C(O)C(OC4OC(CO)C(O)C(O)C4O)C3OC3OC(CO)C(O)C(O)C3O)(CCC3C(C)(C(=O)OC4OC(CO)C(O)C(OC5OC(CO)C(O)C(O)C5O)C4OC(O)C(O)C(O)C(O)C(C)I)CCCC23C)C1. The van der Waals surface area contributed by atoms with Gasteiger partial charge in [-0.2, -0.15) is 0 Å². The number of hydrogen-bond acceptors (Lipinski definition) is 32. The molecule has 0 aromatic rings. The number of halogens is 1. The van der Waals surface area contributed by atoms with E-state index in [4.69, 9.17) is 52.1 Å². The zero-order valence-corrected chi connectivity index (χ0v) is 51.0. The summed E-state index contributed by atoms with van der Waals surface area (Å²) in [5.41, 5.74) is -2.19. The molecule has 0 spiro atoms. The van der Waals surface area contributed by atoms with Gasteiger partial charge in [-0.15, -0.1) is 0 Å². The van der Waals surface area contributed by atoms with E-state index >= 15 is 4.79 Å². The predicted octanol–water partition coefficient (Wildman–Crippen LogP) is -8.18. The Balaban J connectivity index is 1.09. The van der Waals surface area contributed by atoms with Crippen molar-refractivity contribution in [3.05, 3.63) is 12.2 Å². The summed E-state index contributed by atoms with van der Waals surface area (Å²) in [5, 5.41) is 216. The molecular weight excluding hydrogens is 1300 g/mol. The van der Waals surface area contributed by atoms with Gasteiger partial charge in [0.05, 0.1) is 51.2 Å². The molecule has 8 rings (SSSR count). The van der Waals surface area contributed by atoms with Gasteiger partial charge in [-0.05, 0) is 69.1 Å². The molecule has 0 radical (unpaired) electrons. The Labute approximate surface area is 519 Å². The summed E-state index contributed by atoms with van der Waals surface area (Å²) in [7, 11) is 0. The van der Waals surface area contributed by atoms with E-state index < -0.39 is 243 Å². The zero-order valence-electron chi connectivity index (χ0n) is 48.8. The van der Waals surface area contributed by atoms with Gasteiger partial charge in [0.15, 0.2) is 37.6 Å². The van der Waals surface area contributed by atoms with Crippen molar-refractivity contribution in [3.8, 4) is 0 Å². The number of allylic oxidation sites excluding steroid dienone is 1. The third-order valence-corrected chi connectivity index (χ3v) is 20.6. The van der Waals surface area contributed by atoms with E-state index in [-0.39, 0.29) is 18.9 Å². The minimum Gasteiger partial charge on any atom is -0.432 e. The van der Waals surface area contributed by atoms with Crippen LogP contribution in [0.4, 0.5) is 0 Å². The number of fused-ring (bicyclic) bond motifs is 3. The second kappa shape index (κ2) is 29.8. The second-order valence-corrected chi connectivity index (χ2v) is 27.4. The minimum absolute atomic E-state index is 0.202. The summed E-state index contributed by atoms with van der Waals surface area (Å²) in [6.45, 7) is 4.86. The van der Waals surface area contributed by atoms with Crippen LogP contribution in [0.1, 0.15) is 72.1 Å². The number of rotatable bonds is 22. The summed E-state index contributed by atoms with van der Waals surface area (Å²) in [6.07, 6.45) is -51.9. The molecule has 35 unspecified atom stereocenters. The number of carbonyl (C=O) groups is 1. The van der Waals surface area contributed by atoms with E-state index in [1.54, 1.807) is 29.5 Å². The Morgan fingerprint density at radius 3 is 1.43 bits per heavy atom. The van der Waals surface area contributed by atoms with E-state index in [1.807, 2.05) is 6.92 Å². The molecule has 3 saturated carbocycles. The lowest BCUT2D eigenvalue weighted by Crippen LogP contribution is -2.67. The minimum atomic E-state index is -2.48. The highest BCUT2D eigenvalue weighted by molar-refractivity contribution is 14.1. The molecule has 5 aliphatic heterocycles. The maximum absolute atomic E-state index is 15.4. The lowest BCUT2D eigenvalue weighted by atomic mass is 9.40. The highest BCUT2D eigenvalue weighted by Crippen LogP contribution is 2.68. The monoisotopic (exact) mass is 1390 g/mol. The maximum Gasteiger partial charge on any atom is 0.314 e. The Bertz CT molecular complexity index is 2260. The van der Waals surface area contributed by atoms with E-state index in [1.165, 1.54) is 6.92 Å². The van der Waals surface area contributed by atoms with Crippen LogP contribution in [0, 0.1) is 28.1 Å². The van der Waals surface area contributed by atoms with Gasteiger partial charge in [0, 0.05) is 9.34 Å².